The Labute approximate surface area is 172 Å². The van der Waals surface area contributed by atoms with Crippen LogP contribution in [0.2, 0.25) is 0 Å². The minimum absolute atomic E-state index is 0.0480. The van der Waals surface area contributed by atoms with Crippen molar-refractivity contribution >= 4 is 40.7 Å². The van der Waals surface area contributed by atoms with E-state index in [4.69, 9.17) is 36.8 Å². The van der Waals surface area contributed by atoms with Gasteiger partial charge in [-0.15, -0.1) is 11.6 Å². The monoisotopic (exact) mass is 513 g/mol. The molecule has 1 fully saturated rings. The molecule has 14 nitrogen and oxygen atoms in total. The maximum atomic E-state index is 14.4. The second-order valence-corrected chi connectivity index (χ2v) is 10.9. The van der Waals surface area contributed by atoms with E-state index in [1.54, 1.807) is 0 Å². The number of nitrogens with two attached hydrogens (primary N) is 1. The van der Waals surface area contributed by atoms with Gasteiger partial charge in [0.2, 0.25) is 5.57 Å². The van der Waals surface area contributed by atoms with Crippen molar-refractivity contribution in [3.8, 4) is 0 Å². The van der Waals surface area contributed by atoms with E-state index in [1.165, 1.54) is 12.3 Å². The number of nitrogens with zero attached hydrogens (tertiary/aromatic N) is 2. The van der Waals surface area contributed by atoms with Gasteiger partial charge in [0.05, 0.1) is 5.88 Å². The van der Waals surface area contributed by atoms with Crippen LogP contribution in [-0.2, 0) is 27.1 Å². The fourth-order valence-electron chi connectivity index (χ4n) is 2.47. The van der Waals surface area contributed by atoms with Crippen LogP contribution in [0.3, 0.4) is 0 Å². The summed E-state index contributed by atoms with van der Waals surface area (Å²) in [6.45, 7) is 0. The smallest absolute Gasteiger partial charge is 0.383 e. The highest BCUT2D eigenvalue weighted by Crippen LogP contribution is 2.69. The Hall–Kier alpha value is -0.950. The maximum absolute atomic E-state index is 14.4. The molecule has 0 spiro atoms. The van der Waals surface area contributed by atoms with E-state index in [2.05, 4.69) is 13.6 Å². The van der Waals surface area contributed by atoms with Crippen molar-refractivity contribution < 1.29 is 51.0 Å². The zero-order valence-electron chi connectivity index (χ0n) is 14.6. The van der Waals surface area contributed by atoms with Crippen LogP contribution in [0, 0.1) is 0 Å². The lowest BCUT2D eigenvalue weighted by molar-refractivity contribution is -0.0336. The molecule has 19 heteroatoms. The number of alkyl halides is 1. The van der Waals surface area contributed by atoms with Crippen molar-refractivity contribution in [3.05, 3.63) is 34.4 Å². The Morgan fingerprint density at radius 3 is 2.57 bits per heavy atom. The number of hydrogen-bond acceptors (Lipinski definition) is 9. The van der Waals surface area contributed by atoms with Gasteiger partial charge < -0.3 is 30.0 Å². The minimum atomic E-state index is -5.83. The van der Waals surface area contributed by atoms with Crippen LogP contribution in [0.25, 0.3) is 0 Å². The number of ether oxygens (including phenoxy) is 1. The highest BCUT2D eigenvalue weighted by Gasteiger charge is 2.45. The molecule has 170 valence electrons. The quantitative estimate of drug-likeness (QED) is 0.245. The number of nitrogen functional groups attached to an aromatic ring is 1. The first-order chi connectivity index (χ1) is 13.6. The molecule has 1 aromatic heterocycles. The lowest BCUT2D eigenvalue weighted by Gasteiger charge is -2.25. The molecule has 2 heterocycles. The van der Waals surface area contributed by atoms with E-state index in [1.807, 2.05) is 0 Å². The van der Waals surface area contributed by atoms with Gasteiger partial charge in [-0.1, -0.05) is 0 Å². The molecule has 0 radical (unpaired) electrons. The zero-order valence-corrected chi connectivity index (χ0v) is 18.1. The number of aromatic nitrogens is 2. The Morgan fingerprint density at radius 1 is 1.40 bits per heavy atom. The van der Waals surface area contributed by atoms with Crippen LogP contribution in [0.15, 0.2) is 28.7 Å². The molecule has 0 saturated carbocycles. The van der Waals surface area contributed by atoms with Crippen LogP contribution in [-0.4, -0.2) is 40.6 Å². The summed E-state index contributed by atoms with van der Waals surface area (Å²) < 4.78 is 62.0. The molecule has 0 bridgehead atoms. The van der Waals surface area contributed by atoms with Crippen LogP contribution < -0.4 is 11.4 Å². The van der Waals surface area contributed by atoms with E-state index in [0.717, 1.165) is 4.57 Å². The summed E-state index contributed by atoms with van der Waals surface area (Å²) in [4.78, 5) is 51.1. The average Bonchev–Trinajstić information content (AvgIpc) is 2.95. The average molecular weight is 514 g/mol. The molecule has 6 N–H and O–H groups in total. The second-order valence-electron chi connectivity index (χ2n) is 5.96. The molecule has 4 unspecified atom stereocenters. The Morgan fingerprint density at radius 2 is 2.03 bits per heavy atom. The second kappa shape index (κ2) is 8.89. The first kappa shape index (κ1) is 25.3. The Balaban J connectivity index is 2.26. The fraction of sp³-hybridized carbons (Fsp3) is 0.455. The lowest BCUT2D eigenvalue weighted by atomic mass is 10.0. The van der Waals surface area contributed by atoms with Crippen LogP contribution >= 0.6 is 34.8 Å². The van der Waals surface area contributed by atoms with Gasteiger partial charge >= 0.3 is 28.9 Å². The van der Waals surface area contributed by atoms with Gasteiger partial charge in [-0.3, -0.25) is 9.13 Å². The summed E-state index contributed by atoms with van der Waals surface area (Å²) in [5.41, 5.74) is 0.873. The van der Waals surface area contributed by atoms with E-state index in [0.29, 0.717) is 6.08 Å². The molecular formula is C11H16ClFN3O11P3. The van der Waals surface area contributed by atoms with E-state index in [9.17, 15) is 27.8 Å². The maximum Gasteiger partial charge on any atom is 0.488 e. The summed E-state index contributed by atoms with van der Waals surface area (Å²) in [6, 6.07) is 1.30. The zero-order chi connectivity index (χ0) is 23.0. The molecule has 1 aromatic rings. The first-order valence-corrected chi connectivity index (χ1v) is 12.8. The number of rotatable bonds is 8. The fourth-order valence-corrected chi connectivity index (χ4v) is 6.03. The highest BCUT2D eigenvalue weighted by atomic mass is 35.5. The van der Waals surface area contributed by atoms with Gasteiger partial charge in [-0.2, -0.15) is 13.7 Å². The van der Waals surface area contributed by atoms with Crippen molar-refractivity contribution in [2.75, 3.05) is 11.6 Å². The van der Waals surface area contributed by atoms with Crippen molar-refractivity contribution in [1.29, 1.82) is 0 Å². The predicted molar refractivity (Wildman–Crippen MR) is 98.8 cm³/mol. The summed E-state index contributed by atoms with van der Waals surface area (Å²) in [6.07, 6.45) is 0.726. The standard InChI is InChI=1S/C11H16ClFN3O11P3/c12-6-11(3-1-9(25-11)16-4-2-8(14)15-10(16)17)5-7(13)28(18,19)26-30(23,24)27-29(20,21)22/h2,4-5,9H,1,3,6H2,(H,18,19)(H,23,24)(H2,14,15,17)(H2,20,21,22). The molecule has 2 rings (SSSR count). The van der Waals surface area contributed by atoms with E-state index < -0.39 is 52.2 Å². The van der Waals surface area contributed by atoms with Gasteiger partial charge in [-0.05, 0) is 25.0 Å². The minimum Gasteiger partial charge on any atom is -0.383 e. The summed E-state index contributed by atoms with van der Waals surface area (Å²) in [7, 11) is -17.2. The summed E-state index contributed by atoms with van der Waals surface area (Å²) >= 11 is 5.79. The summed E-state index contributed by atoms with van der Waals surface area (Å²) in [5, 5.41) is 0. The lowest BCUT2D eigenvalue weighted by Crippen LogP contribution is -2.32. The predicted octanol–water partition coefficient (Wildman–Crippen LogP) is 1.33. The number of anilines is 1. The van der Waals surface area contributed by atoms with Crippen molar-refractivity contribution in [1.82, 2.24) is 9.55 Å². The van der Waals surface area contributed by atoms with E-state index in [-0.39, 0.29) is 18.7 Å². The van der Waals surface area contributed by atoms with Gasteiger partial charge in [-0.25, -0.2) is 18.2 Å². The van der Waals surface area contributed by atoms with Gasteiger partial charge in [0.1, 0.15) is 17.6 Å². The summed E-state index contributed by atoms with van der Waals surface area (Å²) in [5.74, 6) is -0.516. The van der Waals surface area contributed by atoms with Crippen LogP contribution in [0.5, 0.6) is 0 Å². The SMILES string of the molecule is Nc1ccn(C2CCC(C=C(F)P(=O)(O)OP(=O)(O)OP(=O)(O)O)(CCl)O2)c(=O)n1. The molecule has 4 atom stereocenters. The van der Waals surface area contributed by atoms with Crippen molar-refractivity contribution in [2.24, 2.45) is 0 Å². The normalized spacial score (nSPS) is 26.9. The van der Waals surface area contributed by atoms with Gasteiger partial charge in [0, 0.05) is 6.20 Å². The molecule has 1 saturated heterocycles. The highest BCUT2D eigenvalue weighted by molar-refractivity contribution is 7.69. The van der Waals surface area contributed by atoms with Crippen molar-refractivity contribution in [2.45, 2.75) is 24.7 Å². The van der Waals surface area contributed by atoms with E-state index >= 15 is 0 Å². The molecule has 1 aliphatic rings. The third-order valence-electron chi connectivity index (χ3n) is 3.65. The third-order valence-corrected chi connectivity index (χ3v) is 8.16. The molecule has 0 amide bonds. The number of phosphoric acid groups is 2. The number of hydrogen-bond donors (Lipinski definition) is 5. The first-order valence-electron chi connectivity index (χ1n) is 7.69. The molecular weight excluding hydrogens is 498 g/mol. The van der Waals surface area contributed by atoms with Crippen LogP contribution in [0.1, 0.15) is 19.1 Å². The Bertz CT molecular complexity index is 1040. The van der Waals surface area contributed by atoms with Gasteiger partial charge in [0.15, 0.2) is 0 Å². The molecule has 30 heavy (non-hydrogen) atoms. The largest absolute Gasteiger partial charge is 0.488 e. The van der Waals surface area contributed by atoms with Gasteiger partial charge in [0.25, 0.3) is 0 Å². The molecule has 1 aliphatic heterocycles. The van der Waals surface area contributed by atoms with Crippen LogP contribution in [0.4, 0.5) is 10.2 Å². The molecule has 0 aliphatic carbocycles. The third kappa shape index (κ3) is 6.52. The van der Waals surface area contributed by atoms with Crippen molar-refractivity contribution in [3.63, 3.8) is 0 Å². The topological polar surface area (TPSA) is 221 Å². The molecule has 0 aromatic carbocycles. The number of halogens is 2. The Kier molecular flexibility index (Phi) is 7.50.